The van der Waals surface area contributed by atoms with Gasteiger partial charge in [0.1, 0.15) is 5.75 Å². The van der Waals surface area contributed by atoms with E-state index in [1.807, 2.05) is 25.1 Å². The van der Waals surface area contributed by atoms with E-state index in [9.17, 15) is 18.0 Å². The lowest BCUT2D eigenvalue weighted by atomic mass is 10.0. The van der Waals surface area contributed by atoms with Gasteiger partial charge in [0.05, 0.1) is 17.8 Å². The molecule has 0 saturated heterocycles. The molecule has 142 valence electrons. The van der Waals surface area contributed by atoms with E-state index >= 15 is 0 Å². The molecule has 1 aliphatic heterocycles. The second-order valence-corrected chi connectivity index (χ2v) is 6.07. The maximum atomic E-state index is 12.2. The van der Waals surface area contributed by atoms with Crippen molar-refractivity contribution >= 4 is 23.0 Å². The van der Waals surface area contributed by atoms with Gasteiger partial charge in [-0.3, -0.25) is 10.2 Å². The van der Waals surface area contributed by atoms with E-state index in [1.54, 1.807) is 11.9 Å². The van der Waals surface area contributed by atoms with Crippen LogP contribution in [0.25, 0.3) is 0 Å². The number of nitrogens with zero attached hydrogens (tertiary/aromatic N) is 2. The van der Waals surface area contributed by atoms with Gasteiger partial charge in [-0.15, -0.1) is 13.2 Å². The van der Waals surface area contributed by atoms with Crippen LogP contribution in [0.2, 0.25) is 0 Å². The number of rotatable bonds is 5. The fraction of sp³-hybridized carbons (Fsp3) is 0.263. The summed E-state index contributed by atoms with van der Waals surface area (Å²) in [6, 6.07) is 11.1. The molecule has 0 unspecified atom stereocenters. The lowest BCUT2D eigenvalue weighted by Gasteiger charge is -2.12. The zero-order valence-corrected chi connectivity index (χ0v) is 14.8. The number of ether oxygens (including phenoxy) is 1. The van der Waals surface area contributed by atoms with Crippen molar-refractivity contribution in [3.8, 4) is 5.75 Å². The fourth-order valence-electron chi connectivity index (χ4n) is 2.86. The van der Waals surface area contributed by atoms with Crippen molar-refractivity contribution in [3.05, 3.63) is 53.6 Å². The average molecular weight is 377 g/mol. The Morgan fingerprint density at radius 2 is 1.93 bits per heavy atom. The number of carbonyl (C=O) groups is 1. The first kappa shape index (κ1) is 18.8. The maximum Gasteiger partial charge on any atom is 0.573 e. The van der Waals surface area contributed by atoms with Crippen LogP contribution in [0.1, 0.15) is 24.5 Å². The van der Waals surface area contributed by atoms with Gasteiger partial charge in [0.2, 0.25) is 5.91 Å². The highest BCUT2D eigenvalue weighted by Crippen LogP contribution is 2.29. The van der Waals surface area contributed by atoms with Crippen LogP contribution in [0, 0.1) is 0 Å². The summed E-state index contributed by atoms with van der Waals surface area (Å²) < 4.78 is 40.4. The largest absolute Gasteiger partial charge is 0.573 e. The number of anilines is 2. The molecule has 1 aliphatic rings. The molecule has 0 bridgehead atoms. The van der Waals surface area contributed by atoms with Gasteiger partial charge in [0.15, 0.2) is 0 Å². The number of hydrogen-bond donors (Lipinski definition) is 1. The highest BCUT2D eigenvalue weighted by Gasteiger charge is 2.31. The van der Waals surface area contributed by atoms with Crippen LogP contribution in [0.4, 0.5) is 24.5 Å². The standard InChI is InChI=1S/C19H18F3N3O2/c1-3-16(12-4-9-17-13(10-12)11-18(26)25(17)2)24-23-14-5-7-15(8-6-14)27-19(20,21)22/h4-10,23H,3,11H2,1-2H3/b24-16+. The molecule has 1 heterocycles. The third kappa shape index (κ3) is 4.39. The lowest BCUT2D eigenvalue weighted by Crippen LogP contribution is -2.20. The van der Waals surface area contributed by atoms with Crippen LogP contribution in [-0.2, 0) is 11.2 Å². The zero-order chi connectivity index (χ0) is 19.6. The van der Waals surface area contributed by atoms with Crippen LogP contribution in [0.3, 0.4) is 0 Å². The Bertz CT molecular complexity index is 877. The summed E-state index contributed by atoms with van der Waals surface area (Å²) in [5, 5.41) is 4.36. The predicted octanol–water partition coefficient (Wildman–Crippen LogP) is 4.33. The fourth-order valence-corrected chi connectivity index (χ4v) is 2.86. The van der Waals surface area contributed by atoms with Gasteiger partial charge in [0.25, 0.3) is 0 Å². The first-order chi connectivity index (χ1) is 12.8. The number of hydrogen-bond acceptors (Lipinski definition) is 4. The number of carbonyl (C=O) groups excluding carboxylic acids is 1. The Labute approximate surface area is 154 Å². The first-order valence-electron chi connectivity index (χ1n) is 8.35. The number of fused-ring (bicyclic) bond motifs is 1. The summed E-state index contributed by atoms with van der Waals surface area (Å²) in [4.78, 5) is 13.4. The minimum atomic E-state index is -4.72. The molecule has 0 fully saturated rings. The molecular formula is C19H18F3N3O2. The van der Waals surface area contributed by atoms with Gasteiger partial charge in [-0.25, -0.2) is 0 Å². The van der Waals surface area contributed by atoms with Gasteiger partial charge in [-0.05, 0) is 53.9 Å². The number of nitrogens with one attached hydrogen (secondary N) is 1. The Balaban J connectivity index is 1.74. The van der Waals surface area contributed by atoms with Crippen molar-refractivity contribution in [2.75, 3.05) is 17.4 Å². The molecule has 1 amide bonds. The number of hydrazone groups is 1. The first-order valence-corrected chi connectivity index (χ1v) is 8.35. The van der Waals surface area contributed by atoms with Crippen LogP contribution in [0.5, 0.6) is 5.75 Å². The van der Waals surface area contributed by atoms with E-state index < -0.39 is 6.36 Å². The van der Waals surface area contributed by atoms with E-state index in [1.165, 1.54) is 24.3 Å². The predicted molar refractivity (Wildman–Crippen MR) is 97.1 cm³/mol. The highest BCUT2D eigenvalue weighted by atomic mass is 19.4. The summed E-state index contributed by atoms with van der Waals surface area (Å²) in [6.07, 6.45) is -3.71. The van der Waals surface area contributed by atoms with Crippen LogP contribution in [0.15, 0.2) is 47.6 Å². The molecular weight excluding hydrogens is 359 g/mol. The molecule has 0 aliphatic carbocycles. The van der Waals surface area contributed by atoms with E-state index in [0.29, 0.717) is 18.5 Å². The van der Waals surface area contributed by atoms with Crippen LogP contribution < -0.4 is 15.1 Å². The van der Waals surface area contributed by atoms with E-state index in [-0.39, 0.29) is 11.7 Å². The van der Waals surface area contributed by atoms with Crippen molar-refractivity contribution in [2.45, 2.75) is 26.1 Å². The second kappa shape index (κ2) is 7.30. The molecule has 2 aromatic rings. The Morgan fingerprint density at radius 1 is 1.22 bits per heavy atom. The molecule has 27 heavy (non-hydrogen) atoms. The monoisotopic (exact) mass is 377 g/mol. The molecule has 0 saturated carbocycles. The summed E-state index contributed by atoms with van der Waals surface area (Å²) in [5.74, 6) is -0.239. The quantitative estimate of drug-likeness (QED) is 0.623. The van der Waals surface area contributed by atoms with Crippen LogP contribution >= 0.6 is 0 Å². The Hall–Kier alpha value is -3.03. The van der Waals surface area contributed by atoms with Gasteiger partial charge >= 0.3 is 6.36 Å². The maximum absolute atomic E-state index is 12.2. The number of likely N-dealkylation sites (N-methyl/N-ethyl adjacent to an activating group) is 1. The molecule has 0 spiro atoms. The van der Waals surface area contributed by atoms with Gasteiger partial charge in [-0.2, -0.15) is 5.10 Å². The topological polar surface area (TPSA) is 53.9 Å². The molecule has 8 heteroatoms. The van der Waals surface area contributed by atoms with Crippen molar-refractivity contribution in [2.24, 2.45) is 5.10 Å². The van der Waals surface area contributed by atoms with Gasteiger partial charge in [-0.1, -0.05) is 13.0 Å². The molecule has 1 N–H and O–H groups in total. The Morgan fingerprint density at radius 3 is 2.56 bits per heavy atom. The lowest BCUT2D eigenvalue weighted by molar-refractivity contribution is -0.274. The molecule has 0 atom stereocenters. The van der Waals surface area contributed by atoms with Gasteiger partial charge in [0, 0.05) is 12.7 Å². The SMILES string of the molecule is CC/C(=N\Nc1ccc(OC(F)(F)F)cc1)c1ccc2c(c1)CC(=O)N2C. The smallest absolute Gasteiger partial charge is 0.406 e. The average Bonchev–Trinajstić information content (AvgIpc) is 2.89. The molecule has 5 nitrogen and oxygen atoms in total. The second-order valence-electron chi connectivity index (χ2n) is 6.07. The van der Waals surface area contributed by atoms with Crippen molar-refractivity contribution in [3.63, 3.8) is 0 Å². The van der Waals surface area contributed by atoms with E-state index in [4.69, 9.17) is 0 Å². The Kier molecular flexibility index (Phi) is 5.07. The van der Waals surface area contributed by atoms with E-state index in [2.05, 4.69) is 15.3 Å². The number of benzene rings is 2. The number of halogens is 3. The summed E-state index contributed by atoms with van der Waals surface area (Å²) >= 11 is 0. The van der Waals surface area contributed by atoms with Crippen molar-refractivity contribution in [1.82, 2.24) is 0 Å². The summed E-state index contributed by atoms with van der Waals surface area (Å²) in [5.41, 5.74) is 6.89. The zero-order valence-electron chi connectivity index (χ0n) is 14.8. The minimum absolute atomic E-state index is 0.0522. The summed E-state index contributed by atoms with van der Waals surface area (Å²) in [7, 11) is 1.75. The minimum Gasteiger partial charge on any atom is -0.406 e. The molecule has 2 aromatic carbocycles. The number of amides is 1. The molecule has 3 rings (SSSR count). The van der Waals surface area contributed by atoms with Crippen LogP contribution in [-0.4, -0.2) is 25.0 Å². The van der Waals surface area contributed by atoms with Crippen molar-refractivity contribution < 1.29 is 22.7 Å². The third-order valence-electron chi connectivity index (χ3n) is 4.23. The molecule has 0 radical (unpaired) electrons. The van der Waals surface area contributed by atoms with Gasteiger partial charge < -0.3 is 9.64 Å². The normalized spacial score (nSPS) is 14.3. The van der Waals surface area contributed by atoms with Crippen molar-refractivity contribution in [1.29, 1.82) is 0 Å². The molecule has 0 aromatic heterocycles. The third-order valence-corrected chi connectivity index (χ3v) is 4.23. The van der Waals surface area contributed by atoms with E-state index in [0.717, 1.165) is 22.5 Å². The summed E-state index contributed by atoms with van der Waals surface area (Å²) in [6.45, 7) is 1.95. The number of alkyl halides is 3. The highest BCUT2D eigenvalue weighted by molar-refractivity contribution is 6.05.